The monoisotopic (exact) mass is 345 g/mol. The van der Waals surface area contributed by atoms with Crippen LogP contribution < -0.4 is 10.5 Å². The number of para-hydroxylation sites is 1. The molecule has 0 saturated heterocycles. The second kappa shape index (κ2) is 5.26. The lowest BCUT2D eigenvalue weighted by molar-refractivity contribution is 0.435. The Morgan fingerprint density at radius 3 is 2.82 bits per heavy atom. The highest BCUT2D eigenvalue weighted by Crippen LogP contribution is 2.25. The SMILES string of the molecule is Nc1nc(Oc2ccccc2CI)ncc1F. The molecule has 88 valence electrons. The van der Waals surface area contributed by atoms with Gasteiger partial charge in [0, 0.05) is 9.99 Å². The summed E-state index contributed by atoms with van der Waals surface area (Å²) in [6, 6.07) is 7.55. The zero-order chi connectivity index (χ0) is 12.3. The number of aromatic nitrogens is 2. The lowest BCUT2D eigenvalue weighted by atomic mass is 10.2. The van der Waals surface area contributed by atoms with Crippen molar-refractivity contribution in [2.75, 3.05) is 5.73 Å². The number of alkyl halides is 1. The van der Waals surface area contributed by atoms with Gasteiger partial charge in [-0.2, -0.15) is 4.98 Å². The van der Waals surface area contributed by atoms with Gasteiger partial charge in [0.1, 0.15) is 5.75 Å². The summed E-state index contributed by atoms with van der Waals surface area (Å²) in [5, 5.41) is 0. The Hall–Kier alpha value is -1.44. The molecule has 17 heavy (non-hydrogen) atoms. The molecule has 0 bridgehead atoms. The van der Waals surface area contributed by atoms with Crippen LogP contribution in [0, 0.1) is 5.82 Å². The number of hydrogen-bond donors (Lipinski definition) is 1. The van der Waals surface area contributed by atoms with Crippen LogP contribution in [0.15, 0.2) is 30.5 Å². The highest BCUT2D eigenvalue weighted by molar-refractivity contribution is 14.1. The Labute approximate surface area is 111 Å². The second-order valence-electron chi connectivity index (χ2n) is 3.23. The van der Waals surface area contributed by atoms with Crippen molar-refractivity contribution in [1.29, 1.82) is 0 Å². The number of hydrogen-bond acceptors (Lipinski definition) is 4. The first-order chi connectivity index (χ1) is 8.20. The molecule has 0 spiro atoms. The van der Waals surface area contributed by atoms with Gasteiger partial charge < -0.3 is 10.5 Å². The number of nitrogens with two attached hydrogens (primary N) is 1. The first-order valence-corrected chi connectivity index (χ1v) is 6.33. The van der Waals surface area contributed by atoms with Crippen LogP contribution in [-0.2, 0) is 4.43 Å². The number of nitrogen functional groups attached to an aromatic ring is 1. The molecule has 1 aromatic heterocycles. The molecule has 0 saturated carbocycles. The molecular formula is C11H9FIN3O. The predicted molar refractivity (Wildman–Crippen MR) is 70.6 cm³/mol. The van der Waals surface area contributed by atoms with Crippen LogP contribution in [0.25, 0.3) is 0 Å². The number of benzene rings is 1. The summed E-state index contributed by atoms with van der Waals surface area (Å²) in [7, 11) is 0. The first kappa shape index (κ1) is 12.0. The molecule has 0 amide bonds. The molecule has 1 aromatic carbocycles. The predicted octanol–water partition coefficient (Wildman–Crippen LogP) is 2.93. The topological polar surface area (TPSA) is 61.0 Å². The smallest absolute Gasteiger partial charge is 0.324 e. The van der Waals surface area contributed by atoms with Crippen molar-refractivity contribution in [1.82, 2.24) is 9.97 Å². The van der Waals surface area contributed by atoms with Crippen molar-refractivity contribution in [3.05, 3.63) is 41.8 Å². The molecule has 0 aliphatic rings. The molecule has 6 heteroatoms. The Morgan fingerprint density at radius 2 is 2.12 bits per heavy atom. The van der Waals surface area contributed by atoms with Crippen molar-refractivity contribution < 1.29 is 9.13 Å². The van der Waals surface area contributed by atoms with Crippen LogP contribution in [0.1, 0.15) is 5.56 Å². The van der Waals surface area contributed by atoms with E-state index in [1.165, 1.54) is 0 Å². The van der Waals surface area contributed by atoms with E-state index in [1.807, 2.05) is 18.2 Å². The van der Waals surface area contributed by atoms with Crippen molar-refractivity contribution in [2.45, 2.75) is 4.43 Å². The van der Waals surface area contributed by atoms with Crippen LogP contribution in [-0.4, -0.2) is 9.97 Å². The highest BCUT2D eigenvalue weighted by atomic mass is 127. The van der Waals surface area contributed by atoms with Gasteiger partial charge in [-0.3, -0.25) is 0 Å². The molecule has 0 radical (unpaired) electrons. The number of halogens is 2. The molecule has 2 aromatic rings. The Balaban J connectivity index is 2.28. The van der Waals surface area contributed by atoms with Gasteiger partial charge in [-0.15, -0.1) is 0 Å². The average molecular weight is 345 g/mol. The summed E-state index contributed by atoms with van der Waals surface area (Å²) in [6.45, 7) is 0. The number of ether oxygens (including phenoxy) is 1. The van der Waals surface area contributed by atoms with Crippen molar-refractivity contribution in [3.8, 4) is 11.8 Å². The zero-order valence-electron chi connectivity index (χ0n) is 8.73. The molecule has 4 nitrogen and oxygen atoms in total. The summed E-state index contributed by atoms with van der Waals surface area (Å²) < 4.78 is 19.1. The maximum Gasteiger partial charge on any atom is 0.324 e. The summed E-state index contributed by atoms with van der Waals surface area (Å²) >= 11 is 2.23. The maximum absolute atomic E-state index is 12.9. The third kappa shape index (κ3) is 2.82. The van der Waals surface area contributed by atoms with E-state index < -0.39 is 5.82 Å². The average Bonchev–Trinajstić information content (AvgIpc) is 2.34. The summed E-state index contributed by atoms with van der Waals surface area (Å²) in [5.74, 6) is -0.227. The standard InChI is InChI=1S/C11H9FIN3O/c12-8-6-15-11(16-10(8)14)17-9-4-2-1-3-7(9)5-13/h1-4,6H,5H2,(H2,14,15,16). The van der Waals surface area contributed by atoms with E-state index in [4.69, 9.17) is 10.5 Å². The second-order valence-corrected chi connectivity index (χ2v) is 3.99. The van der Waals surface area contributed by atoms with Crippen LogP contribution >= 0.6 is 22.6 Å². The van der Waals surface area contributed by atoms with Gasteiger partial charge >= 0.3 is 6.01 Å². The zero-order valence-corrected chi connectivity index (χ0v) is 10.9. The van der Waals surface area contributed by atoms with E-state index in [0.717, 1.165) is 16.2 Å². The minimum Gasteiger partial charge on any atom is -0.424 e. The third-order valence-electron chi connectivity index (χ3n) is 2.07. The van der Waals surface area contributed by atoms with Gasteiger partial charge in [0.25, 0.3) is 0 Å². The normalized spacial score (nSPS) is 10.2. The quantitative estimate of drug-likeness (QED) is 0.686. The van der Waals surface area contributed by atoms with Gasteiger partial charge in [-0.05, 0) is 6.07 Å². The summed E-state index contributed by atoms with van der Waals surface area (Å²) in [5.41, 5.74) is 6.35. The molecule has 0 atom stereocenters. The van der Waals surface area contributed by atoms with E-state index >= 15 is 0 Å². The van der Waals surface area contributed by atoms with Crippen LogP contribution in [0.3, 0.4) is 0 Å². The van der Waals surface area contributed by atoms with Crippen LogP contribution in [0.5, 0.6) is 11.8 Å². The minimum absolute atomic E-state index is 0.0428. The summed E-state index contributed by atoms with van der Waals surface area (Å²) in [4.78, 5) is 7.43. The Morgan fingerprint density at radius 1 is 1.35 bits per heavy atom. The largest absolute Gasteiger partial charge is 0.424 e. The molecule has 0 fully saturated rings. The van der Waals surface area contributed by atoms with Crippen LogP contribution in [0.2, 0.25) is 0 Å². The highest BCUT2D eigenvalue weighted by Gasteiger charge is 2.07. The van der Waals surface area contributed by atoms with Gasteiger partial charge in [-0.25, -0.2) is 9.37 Å². The lowest BCUT2D eigenvalue weighted by Crippen LogP contribution is -2.00. The Bertz CT molecular complexity index is 536. The molecule has 1 heterocycles. The van der Waals surface area contributed by atoms with E-state index in [2.05, 4.69) is 32.6 Å². The molecule has 0 aliphatic heterocycles. The van der Waals surface area contributed by atoms with Crippen molar-refractivity contribution in [2.24, 2.45) is 0 Å². The van der Waals surface area contributed by atoms with Gasteiger partial charge in [0.2, 0.25) is 0 Å². The van der Waals surface area contributed by atoms with Crippen LogP contribution in [0.4, 0.5) is 10.2 Å². The first-order valence-electron chi connectivity index (χ1n) is 4.80. The lowest BCUT2D eigenvalue weighted by Gasteiger charge is -2.07. The molecule has 0 unspecified atom stereocenters. The van der Waals surface area contributed by atoms with Gasteiger partial charge in [-0.1, -0.05) is 40.8 Å². The summed E-state index contributed by atoms with van der Waals surface area (Å²) in [6.07, 6.45) is 0.990. The molecular weight excluding hydrogens is 336 g/mol. The van der Waals surface area contributed by atoms with Crippen molar-refractivity contribution >= 4 is 28.4 Å². The van der Waals surface area contributed by atoms with E-state index in [0.29, 0.717) is 5.75 Å². The van der Waals surface area contributed by atoms with E-state index in [9.17, 15) is 4.39 Å². The number of rotatable bonds is 3. The third-order valence-corrected chi connectivity index (χ3v) is 2.89. The van der Waals surface area contributed by atoms with E-state index in [-0.39, 0.29) is 11.8 Å². The molecule has 2 N–H and O–H groups in total. The Kier molecular flexibility index (Phi) is 3.72. The van der Waals surface area contributed by atoms with Gasteiger partial charge in [0.15, 0.2) is 11.6 Å². The van der Waals surface area contributed by atoms with Gasteiger partial charge in [0.05, 0.1) is 6.20 Å². The fraction of sp³-hybridized carbons (Fsp3) is 0.0909. The minimum atomic E-state index is -0.653. The number of nitrogens with zero attached hydrogens (tertiary/aromatic N) is 2. The maximum atomic E-state index is 12.9. The molecule has 2 rings (SSSR count). The number of anilines is 1. The fourth-order valence-electron chi connectivity index (χ4n) is 1.22. The fourth-order valence-corrected chi connectivity index (χ4v) is 1.85. The van der Waals surface area contributed by atoms with Crippen molar-refractivity contribution in [3.63, 3.8) is 0 Å². The van der Waals surface area contributed by atoms with E-state index in [1.54, 1.807) is 6.07 Å². The molecule has 0 aliphatic carbocycles.